The van der Waals surface area contributed by atoms with Crippen molar-refractivity contribution in [2.45, 2.75) is 5.41 Å². The van der Waals surface area contributed by atoms with E-state index in [1.54, 1.807) is 0 Å². The van der Waals surface area contributed by atoms with Crippen molar-refractivity contribution in [2.75, 3.05) is 9.80 Å². The van der Waals surface area contributed by atoms with Gasteiger partial charge in [-0.3, -0.25) is 0 Å². The molecule has 1 unspecified atom stereocenters. The molecule has 12 aromatic rings. The summed E-state index contributed by atoms with van der Waals surface area (Å²) in [4.78, 5) is 4.93. The first kappa shape index (κ1) is 39.9. The number of nitrogens with zero attached hydrogens (tertiary/aromatic N) is 3. The molecular formula is C67H45N3. The van der Waals surface area contributed by atoms with Crippen LogP contribution in [0.25, 0.3) is 60.9 Å². The number of rotatable bonds is 8. The van der Waals surface area contributed by atoms with Gasteiger partial charge in [-0.25, -0.2) is 0 Å². The molecule has 3 heteroatoms. The van der Waals surface area contributed by atoms with Crippen LogP contribution in [-0.2, 0) is 5.41 Å². The fourth-order valence-corrected chi connectivity index (χ4v) is 11.9. The van der Waals surface area contributed by atoms with Gasteiger partial charge in [0.25, 0.3) is 0 Å². The Balaban J connectivity index is 1.08. The maximum absolute atomic E-state index is 2.53. The molecule has 14 rings (SSSR count). The number of anilines is 6. The second kappa shape index (κ2) is 16.0. The maximum atomic E-state index is 2.53. The lowest BCUT2D eigenvalue weighted by Gasteiger charge is -2.34. The molecule has 1 aromatic heterocycles. The van der Waals surface area contributed by atoms with Crippen molar-refractivity contribution in [1.82, 2.24) is 4.57 Å². The van der Waals surface area contributed by atoms with Crippen LogP contribution >= 0.6 is 0 Å². The Morgan fingerprint density at radius 2 is 0.771 bits per heavy atom. The quantitative estimate of drug-likeness (QED) is 0.151. The molecule has 0 fully saturated rings. The van der Waals surface area contributed by atoms with Gasteiger partial charge in [0.1, 0.15) is 0 Å². The molecule has 0 saturated carbocycles. The van der Waals surface area contributed by atoms with Crippen LogP contribution in [0, 0.1) is 0 Å². The minimum atomic E-state index is -0.635. The van der Waals surface area contributed by atoms with Gasteiger partial charge in [0.15, 0.2) is 0 Å². The van der Waals surface area contributed by atoms with Gasteiger partial charge in [-0.15, -0.1) is 0 Å². The number of fused-ring (bicyclic) bond motifs is 13. The van der Waals surface area contributed by atoms with Gasteiger partial charge in [0.2, 0.25) is 0 Å². The second-order valence-corrected chi connectivity index (χ2v) is 18.4. The molecule has 0 aliphatic heterocycles. The second-order valence-electron chi connectivity index (χ2n) is 18.4. The van der Waals surface area contributed by atoms with Crippen LogP contribution in [0.4, 0.5) is 34.1 Å². The molecule has 0 radical (unpaired) electrons. The zero-order valence-electron chi connectivity index (χ0n) is 38.3. The highest BCUT2D eigenvalue weighted by molar-refractivity contribution is 6.14. The minimum absolute atomic E-state index is 0.635. The van der Waals surface area contributed by atoms with Gasteiger partial charge >= 0.3 is 0 Å². The molecule has 1 spiro atoms. The standard InChI is InChI=1S/C67H45N3/c1-6-23-46(24-7-1)57-44-58-53-34-17-20-38-60(53)67(62(58)45-65(57)68(47-25-8-2-9-26-47)48-27-10-3-11-28-48)59-37-19-16-33-52(59)54-42-41-51(43-61(54)67)69(49-29-12-4-13-30-49)64-40-22-36-56-55-35-18-21-39-63(55)70(66(56)64)50-31-14-5-15-32-50/h1-45H. The first-order valence-electron chi connectivity index (χ1n) is 24.2. The van der Waals surface area contributed by atoms with Crippen molar-refractivity contribution in [3.63, 3.8) is 0 Å². The van der Waals surface area contributed by atoms with Gasteiger partial charge < -0.3 is 14.4 Å². The highest BCUT2D eigenvalue weighted by Gasteiger charge is 2.52. The van der Waals surface area contributed by atoms with Gasteiger partial charge in [0.05, 0.1) is 27.8 Å². The Morgan fingerprint density at radius 1 is 0.286 bits per heavy atom. The molecule has 70 heavy (non-hydrogen) atoms. The van der Waals surface area contributed by atoms with E-state index in [0.717, 1.165) is 45.3 Å². The number of hydrogen-bond acceptors (Lipinski definition) is 2. The van der Waals surface area contributed by atoms with Gasteiger partial charge in [-0.1, -0.05) is 188 Å². The third kappa shape index (κ3) is 5.88. The number of benzene rings is 11. The summed E-state index contributed by atoms with van der Waals surface area (Å²) in [6, 6.07) is 100. The summed E-state index contributed by atoms with van der Waals surface area (Å²) in [6.07, 6.45) is 0. The molecule has 1 atom stereocenters. The summed E-state index contributed by atoms with van der Waals surface area (Å²) in [7, 11) is 0. The van der Waals surface area contributed by atoms with Gasteiger partial charge in [0, 0.05) is 44.8 Å². The van der Waals surface area contributed by atoms with Crippen molar-refractivity contribution in [3.8, 4) is 39.1 Å². The summed E-state index contributed by atoms with van der Waals surface area (Å²) >= 11 is 0. The van der Waals surface area contributed by atoms with Crippen LogP contribution in [-0.4, -0.2) is 4.57 Å². The molecule has 1 heterocycles. The largest absolute Gasteiger partial charge is 0.310 e. The molecule has 0 N–H and O–H groups in total. The molecule has 2 aliphatic rings. The normalized spacial score (nSPS) is 14.1. The Bertz CT molecular complexity index is 3900. The SMILES string of the molecule is c1ccc(-c2cc3c(cc2N(c2ccccc2)c2ccccc2)C2(c4ccccc4-c4ccc(N(c5ccccc5)c5cccc6c7ccccc7n(-c7ccccc7)c56)cc42)c2ccccc2-3)cc1. The van der Waals surface area contributed by atoms with Crippen LogP contribution < -0.4 is 9.80 Å². The molecule has 3 nitrogen and oxygen atoms in total. The van der Waals surface area contributed by atoms with Crippen LogP contribution in [0.15, 0.2) is 273 Å². The molecule has 2 aliphatic carbocycles. The topological polar surface area (TPSA) is 11.4 Å². The third-order valence-electron chi connectivity index (χ3n) is 14.7. The number of hydrogen-bond donors (Lipinski definition) is 0. The van der Waals surface area contributed by atoms with Gasteiger partial charge in [-0.05, 0) is 135 Å². The highest BCUT2D eigenvalue weighted by Crippen LogP contribution is 2.65. The van der Waals surface area contributed by atoms with Crippen molar-refractivity contribution in [3.05, 3.63) is 295 Å². The zero-order chi connectivity index (χ0) is 46.2. The van der Waals surface area contributed by atoms with E-state index in [1.165, 1.54) is 71.9 Å². The third-order valence-corrected chi connectivity index (χ3v) is 14.7. The van der Waals surface area contributed by atoms with Crippen LogP contribution in [0.2, 0.25) is 0 Å². The van der Waals surface area contributed by atoms with Crippen molar-refractivity contribution in [1.29, 1.82) is 0 Å². The van der Waals surface area contributed by atoms with E-state index in [4.69, 9.17) is 0 Å². The van der Waals surface area contributed by atoms with Crippen molar-refractivity contribution in [2.24, 2.45) is 0 Å². The number of aromatic nitrogens is 1. The maximum Gasteiger partial charge on any atom is 0.0782 e. The minimum Gasteiger partial charge on any atom is -0.310 e. The summed E-state index contributed by atoms with van der Waals surface area (Å²) < 4.78 is 2.45. The highest BCUT2D eigenvalue weighted by atomic mass is 15.2. The smallest absolute Gasteiger partial charge is 0.0782 e. The Labute approximate surface area is 408 Å². The van der Waals surface area contributed by atoms with Crippen molar-refractivity contribution >= 4 is 55.9 Å². The van der Waals surface area contributed by atoms with E-state index in [-0.39, 0.29) is 0 Å². The Kier molecular flexibility index (Phi) is 9.11. The van der Waals surface area contributed by atoms with Gasteiger partial charge in [-0.2, -0.15) is 0 Å². The molecule has 0 saturated heterocycles. The van der Waals surface area contributed by atoms with E-state index >= 15 is 0 Å². The predicted octanol–water partition coefficient (Wildman–Crippen LogP) is 17.7. The van der Waals surface area contributed by atoms with E-state index < -0.39 is 5.41 Å². The molecule has 0 bridgehead atoms. The van der Waals surface area contributed by atoms with Crippen LogP contribution in [0.5, 0.6) is 0 Å². The predicted molar refractivity (Wildman–Crippen MR) is 292 cm³/mol. The average molecular weight is 892 g/mol. The fraction of sp³-hybridized carbons (Fsp3) is 0.0149. The zero-order valence-corrected chi connectivity index (χ0v) is 38.3. The fourth-order valence-electron chi connectivity index (χ4n) is 11.9. The summed E-state index contributed by atoms with van der Waals surface area (Å²) in [5.41, 5.74) is 22.0. The Hall–Kier alpha value is -9.18. The van der Waals surface area contributed by atoms with E-state index in [1.807, 2.05) is 0 Å². The van der Waals surface area contributed by atoms with Crippen LogP contribution in [0.3, 0.4) is 0 Å². The van der Waals surface area contributed by atoms with Crippen molar-refractivity contribution < 1.29 is 0 Å². The lowest BCUT2D eigenvalue weighted by Crippen LogP contribution is -2.26. The average Bonchev–Trinajstić information content (AvgIpc) is 4.04. The number of para-hydroxylation sites is 6. The molecule has 11 aromatic carbocycles. The van der Waals surface area contributed by atoms with E-state index in [0.29, 0.717) is 0 Å². The first-order chi connectivity index (χ1) is 34.8. The summed E-state index contributed by atoms with van der Waals surface area (Å²) in [5, 5.41) is 2.44. The lowest BCUT2D eigenvalue weighted by atomic mass is 9.70. The molecule has 0 amide bonds. The van der Waals surface area contributed by atoms with Crippen LogP contribution in [0.1, 0.15) is 22.3 Å². The first-order valence-corrected chi connectivity index (χ1v) is 24.2. The van der Waals surface area contributed by atoms with E-state index in [9.17, 15) is 0 Å². The molecular weight excluding hydrogens is 847 g/mol. The monoisotopic (exact) mass is 891 g/mol. The van der Waals surface area contributed by atoms with E-state index in [2.05, 4.69) is 287 Å². The Morgan fingerprint density at radius 3 is 1.41 bits per heavy atom. The summed E-state index contributed by atoms with van der Waals surface area (Å²) in [5.74, 6) is 0. The lowest BCUT2D eigenvalue weighted by molar-refractivity contribution is 0.793. The summed E-state index contributed by atoms with van der Waals surface area (Å²) in [6.45, 7) is 0. The molecule has 328 valence electrons.